The van der Waals surface area contributed by atoms with Gasteiger partial charge in [-0.3, -0.25) is 0 Å². The Morgan fingerprint density at radius 2 is 1.77 bits per heavy atom. The summed E-state index contributed by atoms with van der Waals surface area (Å²) in [7, 11) is 4.25. The molecule has 1 aromatic carbocycles. The van der Waals surface area contributed by atoms with Gasteiger partial charge in [-0.05, 0) is 30.2 Å². The lowest BCUT2D eigenvalue weighted by Crippen LogP contribution is -2.05. The zero-order valence-corrected chi connectivity index (χ0v) is 13.6. The molecule has 1 aromatic rings. The number of aliphatic hydroxyl groups is 1. The van der Waals surface area contributed by atoms with Crippen LogP contribution >= 0.6 is 0 Å². The number of methoxy groups -OCH3 is 1. The van der Waals surface area contributed by atoms with Gasteiger partial charge in [0.1, 0.15) is 12.6 Å². The van der Waals surface area contributed by atoms with Crippen molar-refractivity contribution in [1.82, 2.24) is 0 Å². The van der Waals surface area contributed by atoms with Gasteiger partial charge in [0.2, 0.25) is 0 Å². The minimum Gasteiger partial charge on any atom is -0.465 e. The zero-order valence-electron chi connectivity index (χ0n) is 13.6. The average molecular weight is 311 g/mol. The van der Waals surface area contributed by atoms with Gasteiger partial charge in [-0.15, -0.1) is 0 Å². The van der Waals surface area contributed by atoms with Crippen LogP contribution in [0.15, 0.2) is 18.2 Å². The number of aryl methyl sites for hydroxylation is 1. The maximum absolute atomic E-state index is 11.4. The van der Waals surface area contributed by atoms with Crippen molar-refractivity contribution in [1.29, 1.82) is 0 Å². The van der Waals surface area contributed by atoms with Gasteiger partial charge in [-0.2, -0.15) is 0 Å². The first-order valence-corrected chi connectivity index (χ1v) is 6.85. The smallest absolute Gasteiger partial charge is 0.338 e. The second-order valence-corrected chi connectivity index (χ2v) is 3.88. The van der Waals surface area contributed by atoms with E-state index in [-0.39, 0.29) is 5.97 Å². The van der Waals surface area contributed by atoms with Crippen molar-refractivity contribution < 1.29 is 24.2 Å². The summed E-state index contributed by atoms with van der Waals surface area (Å²) in [5, 5.41) is 10.0. The molecule has 0 amide bonds. The number of esters is 1. The van der Waals surface area contributed by atoms with Gasteiger partial charge in [0.25, 0.3) is 0 Å². The zero-order chi connectivity index (χ0) is 17.4. The number of aldehydes is 2. The molecule has 124 valence electrons. The monoisotopic (exact) mass is 311 g/mol. The molecule has 0 atom stereocenters. The number of carbonyl (C=O) groups excluding carboxylic acids is 3. The largest absolute Gasteiger partial charge is 0.465 e. The topological polar surface area (TPSA) is 92.7 Å². The Hall–Kier alpha value is -2.21. The van der Waals surface area contributed by atoms with Crippen LogP contribution < -0.4 is 5.32 Å². The molecule has 0 heterocycles. The third-order valence-corrected chi connectivity index (χ3v) is 2.58. The molecular weight excluding hydrogens is 286 g/mol. The van der Waals surface area contributed by atoms with Crippen LogP contribution in [0.2, 0.25) is 0 Å². The highest BCUT2D eigenvalue weighted by atomic mass is 16.5. The van der Waals surface area contributed by atoms with Crippen molar-refractivity contribution in [3.63, 3.8) is 0 Å². The van der Waals surface area contributed by atoms with E-state index in [2.05, 4.69) is 5.32 Å². The number of hydrogen-bond donors (Lipinski definition) is 2. The van der Waals surface area contributed by atoms with E-state index < -0.39 is 0 Å². The summed E-state index contributed by atoms with van der Waals surface area (Å²) >= 11 is 0. The molecule has 0 radical (unpaired) electrons. The second-order valence-electron chi connectivity index (χ2n) is 3.88. The van der Waals surface area contributed by atoms with E-state index in [1.807, 2.05) is 26.1 Å². The van der Waals surface area contributed by atoms with E-state index in [9.17, 15) is 14.4 Å². The van der Waals surface area contributed by atoms with Gasteiger partial charge in [-0.1, -0.05) is 6.92 Å². The molecule has 0 saturated carbocycles. The number of unbranched alkanes of at least 4 members (excludes halogenated alkanes) is 1. The van der Waals surface area contributed by atoms with Crippen molar-refractivity contribution in [3.05, 3.63) is 29.3 Å². The number of benzene rings is 1. The molecule has 6 nitrogen and oxygen atoms in total. The van der Waals surface area contributed by atoms with Gasteiger partial charge < -0.3 is 24.7 Å². The molecule has 22 heavy (non-hydrogen) atoms. The number of anilines is 1. The molecule has 1 rings (SSSR count). The standard InChI is InChI=1S/C11H15NO2.C4H6O2.CH4O/c1-4-8-7-9(12-2)5-6-10(8)11(13)14-3;5-3-1-2-4-6;1-2/h5-7,12H,4H2,1-3H3;3-4H,1-2H2;2H,1H3. The number of carbonyl (C=O) groups is 3. The lowest BCUT2D eigenvalue weighted by Gasteiger charge is -2.08. The molecule has 0 aliphatic heterocycles. The molecule has 0 fully saturated rings. The fourth-order valence-electron chi connectivity index (χ4n) is 1.49. The second kappa shape index (κ2) is 15.2. The van der Waals surface area contributed by atoms with Crippen LogP contribution in [0.1, 0.15) is 35.7 Å². The van der Waals surface area contributed by atoms with Crippen molar-refractivity contribution in [2.45, 2.75) is 26.2 Å². The summed E-state index contributed by atoms with van der Waals surface area (Å²) in [6.45, 7) is 2.02. The normalized spacial score (nSPS) is 8.41. The number of rotatable bonds is 6. The number of nitrogens with one attached hydrogen (secondary N) is 1. The first kappa shape index (κ1) is 22.1. The van der Waals surface area contributed by atoms with Crippen LogP contribution in [0, 0.1) is 0 Å². The Bertz CT molecular complexity index is 438. The Morgan fingerprint density at radius 3 is 2.14 bits per heavy atom. The maximum atomic E-state index is 11.4. The van der Waals surface area contributed by atoms with Crippen molar-refractivity contribution in [2.75, 3.05) is 26.6 Å². The van der Waals surface area contributed by atoms with Crippen molar-refractivity contribution >= 4 is 24.2 Å². The summed E-state index contributed by atoms with van der Waals surface area (Å²) in [6, 6.07) is 5.62. The summed E-state index contributed by atoms with van der Waals surface area (Å²) in [6.07, 6.45) is 3.01. The first-order chi connectivity index (χ1) is 10.6. The van der Waals surface area contributed by atoms with E-state index in [1.165, 1.54) is 7.11 Å². The molecular formula is C16H25NO5. The first-order valence-electron chi connectivity index (χ1n) is 6.85. The number of hydrogen-bond acceptors (Lipinski definition) is 6. The average Bonchev–Trinajstić information content (AvgIpc) is 2.60. The van der Waals surface area contributed by atoms with Gasteiger partial charge in [0.15, 0.2) is 0 Å². The quantitative estimate of drug-likeness (QED) is 0.473. The van der Waals surface area contributed by atoms with Gasteiger partial charge in [-0.25, -0.2) is 4.79 Å². The third kappa shape index (κ3) is 8.86. The van der Waals surface area contributed by atoms with E-state index in [4.69, 9.17) is 9.84 Å². The van der Waals surface area contributed by atoms with E-state index in [1.54, 1.807) is 6.07 Å². The molecule has 0 spiro atoms. The molecule has 2 N–H and O–H groups in total. The summed E-state index contributed by atoms with van der Waals surface area (Å²) in [4.78, 5) is 30.2. The number of ether oxygens (including phenoxy) is 1. The van der Waals surface area contributed by atoms with Gasteiger partial charge in [0.05, 0.1) is 12.7 Å². The Balaban J connectivity index is 0. The van der Waals surface area contributed by atoms with Gasteiger partial charge >= 0.3 is 5.97 Å². The highest BCUT2D eigenvalue weighted by molar-refractivity contribution is 5.91. The van der Waals surface area contributed by atoms with Crippen molar-refractivity contribution in [3.8, 4) is 0 Å². The molecule has 0 saturated heterocycles. The van der Waals surface area contributed by atoms with E-state index >= 15 is 0 Å². The lowest BCUT2D eigenvalue weighted by atomic mass is 10.0. The number of aliphatic hydroxyl groups excluding tert-OH is 1. The van der Waals surface area contributed by atoms with Crippen LogP contribution in [0.25, 0.3) is 0 Å². The fraction of sp³-hybridized carbons (Fsp3) is 0.438. The van der Waals surface area contributed by atoms with Crippen molar-refractivity contribution in [2.24, 2.45) is 0 Å². The third-order valence-electron chi connectivity index (χ3n) is 2.58. The maximum Gasteiger partial charge on any atom is 0.338 e. The SMILES string of the molecule is CCc1cc(NC)ccc1C(=O)OC.CO.O=CCCC=O. The Kier molecular flexibility index (Phi) is 15.2. The highest BCUT2D eigenvalue weighted by Gasteiger charge is 2.10. The van der Waals surface area contributed by atoms with Crippen LogP contribution in [0.5, 0.6) is 0 Å². The molecule has 0 bridgehead atoms. The molecule has 6 heteroatoms. The van der Waals surface area contributed by atoms with E-state index in [0.717, 1.165) is 37.4 Å². The van der Waals surface area contributed by atoms with Crippen LogP contribution in [0.3, 0.4) is 0 Å². The predicted molar refractivity (Wildman–Crippen MR) is 86.2 cm³/mol. The summed E-state index contributed by atoms with van der Waals surface area (Å²) < 4.78 is 4.69. The van der Waals surface area contributed by atoms with Crippen LogP contribution in [-0.4, -0.2) is 44.9 Å². The predicted octanol–water partition coefficient (Wildman–Crippen LogP) is 1.85. The Morgan fingerprint density at radius 1 is 1.23 bits per heavy atom. The lowest BCUT2D eigenvalue weighted by molar-refractivity contribution is -0.112. The Labute approximate surface area is 131 Å². The summed E-state index contributed by atoms with van der Waals surface area (Å²) in [5.74, 6) is -0.274. The van der Waals surface area contributed by atoms with Gasteiger partial charge in [0, 0.05) is 32.7 Å². The molecule has 0 aliphatic rings. The fourth-order valence-corrected chi connectivity index (χ4v) is 1.49. The summed E-state index contributed by atoms with van der Waals surface area (Å²) in [5.41, 5.74) is 2.66. The molecule has 0 unspecified atom stereocenters. The van der Waals surface area contributed by atoms with Crippen LogP contribution in [0.4, 0.5) is 5.69 Å². The minimum absolute atomic E-state index is 0.274. The van der Waals surface area contributed by atoms with Crippen LogP contribution in [-0.2, 0) is 20.7 Å². The minimum atomic E-state index is -0.274. The van der Waals surface area contributed by atoms with E-state index in [0.29, 0.717) is 18.4 Å². The highest BCUT2D eigenvalue weighted by Crippen LogP contribution is 2.16. The molecule has 0 aromatic heterocycles. The molecule has 0 aliphatic carbocycles.